The maximum absolute atomic E-state index is 13.8. The molecule has 0 bridgehead atoms. The van der Waals surface area contributed by atoms with Gasteiger partial charge in [-0.1, -0.05) is 6.07 Å². The highest BCUT2D eigenvalue weighted by Crippen LogP contribution is 2.19. The second-order valence-electron chi connectivity index (χ2n) is 6.04. The number of piperazine rings is 1. The Labute approximate surface area is 146 Å². The number of aromatic nitrogens is 2. The number of anilines is 1. The molecular formula is C17H22FN5O2. The molecule has 1 aliphatic heterocycles. The minimum atomic E-state index is -0.353. The molecule has 0 radical (unpaired) electrons. The summed E-state index contributed by atoms with van der Waals surface area (Å²) >= 11 is 0. The number of aryl methyl sites for hydroxylation is 1. The second-order valence-corrected chi connectivity index (χ2v) is 6.04. The van der Waals surface area contributed by atoms with E-state index in [-0.39, 0.29) is 17.6 Å². The van der Waals surface area contributed by atoms with Crippen molar-refractivity contribution < 1.29 is 13.9 Å². The molecule has 3 rings (SSSR count). The molecule has 0 saturated carbocycles. The molecule has 0 unspecified atom stereocenters. The lowest BCUT2D eigenvalue weighted by molar-refractivity contribution is 0.143. The van der Waals surface area contributed by atoms with E-state index in [2.05, 4.69) is 15.3 Å². The van der Waals surface area contributed by atoms with Crippen LogP contribution in [0.25, 0.3) is 0 Å². The number of benzene rings is 1. The van der Waals surface area contributed by atoms with Crippen LogP contribution in [-0.4, -0.2) is 58.9 Å². The predicted octanol–water partition coefficient (Wildman–Crippen LogP) is 1.92. The number of methoxy groups -OCH3 is 1. The first-order valence-electron chi connectivity index (χ1n) is 8.15. The Kier molecular flexibility index (Phi) is 5.18. The third-order valence-electron chi connectivity index (χ3n) is 4.23. The maximum atomic E-state index is 13.8. The van der Waals surface area contributed by atoms with Crippen LogP contribution in [0.2, 0.25) is 0 Å². The Morgan fingerprint density at radius 3 is 2.64 bits per heavy atom. The molecule has 8 heteroatoms. The monoisotopic (exact) mass is 347 g/mol. The number of nitrogens with zero attached hydrogens (tertiary/aromatic N) is 4. The average molecular weight is 347 g/mol. The van der Waals surface area contributed by atoms with Crippen molar-refractivity contribution in [3.8, 4) is 5.75 Å². The first kappa shape index (κ1) is 17.2. The number of nitrogens with one attached hydrogen (secondary N) is 1. The second kappa shape index (κ2) is 7.52. The molecule has 7 nitrogen and oxygen atoms in total. The van der Waals surface area contributed by atoms with Gasteiger partial charge in [0.05, 0.1) is 7.11 Å². The van der Waals surface area contributed by atoms with Crippen molar-refractivity contribution in [1.82, 2.24) is 19.6 Å². The van der Waals surface area contributed by atoms with Gasteiger partial charge in [0.2, 0.25) is 0 Å². The smallest absolute Gasteiger partial charge is 0.323 e. The molecule has 2 aromatic rings. The van der Waals surface area contributed by atoms with Crippen molar-refractivity contribution in [2.45, 2.75) is 6.54 Å². The molecule has 1 fully saturated rings. The van der Waals surface area contributed by atoms with Crippen LogP contribution in [0.4, 0.5) is 15.0 Å². The largest absolute Gasteiger partial charge is 0.494 e. The number of rotatable bonds is 4. The van der Waals surface area contributed by atoms with Crippen molar-refractivity contribution in [1.29, 1.82) is 0 Å². The van der Waals surface area contributed by atoms with Gasteiger partial charge >= 0.3 is 6.03 Å². The fourth-order valence-electron chi connectivity index (χ4n) is 2.85. The average Bonchev–Trinajstić information content (AvgIpc) is 3.00. The summed E-state index contributed by atoms with van der Waals surface area (Å²) in [6.07, 6.45) is 1.78. The lowest BCUT2D eigenvalue weighted by atomic mass is 10.2. The van der Waals surface area contributed by atoms with E-state index in [0.29, 0.717) is 25.5 Å². The summed E-state index contributed by atoms with van der Waals surface area (Å²) in [4.78, 5) is 16.2. The topological polar surface area (TPSA) is 62.6 Å². The third kappa shape index (κ3) is 4.27. The van der Waals surface area contributed by atoms with Crippen LogP contribution in [0, 0.1) is 5.82 Å². The fourth-order valence-corrected chi connectivity index (χ4v) is 2.85. The predicted molar refractivity (Wildman–Crippen MR) is 92.0 cm³/mol. The highest BCUT2D eigenvalue weighted by atomic mass is 19.1. The summed E-state index contributed by atoms with van der Waals surface area (Å²) in [6, 6.07) is 6.61. The summed E-state index contributed by atoms with van der Waals surface area (Å²) in [5, 5.41) is 6.93. The van der Waals surface area contributed by atoms with Crippen LogP contribution in [0.1, 0.15) is 5.56 Å². The van der Waals surface area contributed by atoms with E-state index < -0.39 is 0 Å². The SMILES string of the molecule is COc1ccc(CN2CCN(C(=O)Nc3ccn(C)n3)CC2)cc1F. The minimum absolute atomic E-state index is 0.145. The first-order valence-corrected chi connectivity index (χ1v) is 8.15. The molecule has 0 aliphatic carbocycles. The van der Waals surface area contributed by atoms with Crippen molar-refractivity contribution in [2.24, 2.45) is 7.05 Å². The standard InChI is InChI=1S/C17H22FN5O2/c1-21-6-5-16(20-21)19-17(24)23-9-7-22(8-10-23)12-13-3-4-15(25-2)14(18)11-13/h3-6,11H,7-10,12H2,1-2H3,(H,19,20,24). The Hall–Kier alpha value is -2.61. The zero-order valence-electron chi connectivity index (χ0n) is 14.4. The molecule has 1 aromatic carbocycles. The van der Waals surface area contributed by atoms with E-state index in [1.807, 2.05) is 6.07 Å². The highest BCUT2D eigenvalue weighted by Gasteiger charge is 2.21. The van der Waals surface area contributed by atoms with Crippen LogP contribution in [0.15, 0.2) is 30.5 Å². The Bertz CT molecular complexity index is 740. The molecule has 0 atom stereocenters. The molecule has 25 heavy (non-hydrogen) atoms. The van der Waals surface area contributed by atoms with Gasteiger partial charge in [-0.2, -0.15) is 5.10 Å². The van der Waals surface area contributed by atoms with Gasteiger partial charge in [0.1, 0.15) is 0 Å². The van der Waals surface area contributed by atoms with E-state index in [1.165, 1.54) is 13.2 Å². The van der Waals surface area contributed by atoms with E-state index in [9.17, 15) is 9.18 Å². The van der Waals surface area contributed by atoms with Crippen LogP contribution in [0.3, 0.4) is 0 Å². The molecule has 0 spiro atoms. The number of carbonyl (C=O) groups excluding carboxylic acids is 1. The number of amides is 2. The van der Waals surface area contributed by atoms with Crippen LogP contribution in [0.5, 0.6) is 5.75 Å². The van der Waals surface area contributed by atoms with Gasteiger partial charge in [0.25, 0.3) is 0 Å². The third-order valence-corrected chi connectivity index (χ3v) is 4.23. The molecular weight excluding hydrogens is 325 g/mol. The summed E-state index contributed by atoms with van der Waals surface area (Å²) < 4.78 is 20.3. The van der Waals surface area contributed by atoms with Gasteiger partial charge in [0.15, 0.2) is 17.4 Å². The molecule has 134 valence electrons. The normalized spacial score (nSPS) is 15.2. The molecule has 1 saturated heterocycles. The first-order chi connectivity index (χ1) is 12.0. The molecule has 1 aromatic heterocycles. The maximum Gasteiger partial charge on any atom is 0.323 e. The van der Waals surface area contributed by atoms with Crippen molar-refractivity contribution >= 4 is 11.8 Å². The van der Waals surface area contributed by atoms with Gasteiger partial charge < -0.3 is 9.64 Å². The number of hydrogen-bond donors (Lipinski definition) is 1. The van der Waals surface area contributed by atoms with Gasteiger partial charge in [-0.3, -0.25) is 14.9 Å². The number of halogens is 1. The number of ether oxygens (including phenoxy) is 1. The zero-order chi connectivity index (χ0) is 17.8. The summed E-state index contributed by atoms with van der Waals surface area (Å²) in [5.41, 5.74) is 0.893. The van der Waals surface area contributed by atoms with Gasteiger partial charge in [0, 0.05) is 52.0 Å². The van der Waals surface area contributed by atoms with Crippen LogP contribution in [-0.2, 0) is 13.6 Å². The fraction of sp³-hybridized carbons (Fsp3) is 0.412. The quantitative estimate of drug-likeness (QED) is 0.918. The Morgan fingerprint density at radius 2 is 2.04 bits per heavy atom. The van der Waals surface area contributed by atoms with E-state index in [0.717, 1.165) is 18.7 Å². The number of hydrogen-bond acceptors (Lipinski definition) is 4. The van der Waals surface area contributed by atoms with Crippen molar-refractivity contribution in [2.75, 3.05) is 38.6 Å². The number of urea groups is 1. The summed E-state index contributed by atoms with van der Waals surface area (Å²) in [7, 11) is 3.25. The van der Waals surface area contributed by atoms with Crippen LogP contribution >= 0.6 is 0 Å². The highest BCUT2D eigenvalue weighted by molar-refractivity contribution is 5.88. The summed E-state index contributed by atoms with van der Waals surface area (Å²) in [5.74, 6) is 0.441. The minimum Gasteiger partial charge on any atom is -0.494 e. The van der Waals surface area contributed by atoms with Crippen molar-refractivity contribution in [3.05, 3.63) is 41.8 Å². The van der Waals surface area contributed by atoms with Crippen LogP contribution < -0.4 is 10.1 Å². The zero-order valence-corrected chi connectivity index (χ0v) is 14.4. The van der Waals surface area contributed by atoms with E-state index in [4.69, 9.17) is 4.74 Å². The molecule has 1 aliphatic rings. The van der Waals surface area contributed by atoms with Gasteiger partial charge in [-0.25, -0.2) is 9.18 Å². The Balaban J connectivity index is 1.49. The Morgan fingerprint density at radius 1 is 1.28 bits per heavy atom. The molecule has 2 heterocycles. The molecule has 2 amide bonds. The lowest BCUT2D eigenvalue weighted by Gasteiger charge is -2.34. The number of carbonyl (C=O) groups is 1. The summed E-state index contributed by atoms with van der Waals surface area (Å²) in [6.45, 7) is 3.37. The lowest BCUT2D eigenvalue weighted by Crippen LogP contribution is -2.49. The van der Waals surface area contributed by atoms with Gasteiger partial charge in [-0.15, -0.1) is 0 Å². The van der Waals surface area contributed by atoms with E-state index in [1.54, 1.807) is 35.0 Å². The van der Waals surface area contributed by atoms with Gasteiger partial charge in [-0.05, 0) is 17.7 Å². The van der Waals surface area contributed by atoms with Crippen molar-refractivity contribution in [3.63, 3.8) is 0 Å². The van der Waals surface area contributed by atoms with E-state index >= 15 is 0 Å². The molecule has 1 N–H and O–H groups in total.